The number of benzene rings is 1. The Morgan fingerprint density at radius 2 is 2.15 bits per heavy atom. The Labute approximate surface area is 117 Å². The molecular weight excluding hydrogens is 282 g/mol. The molecule has 2 N–H and O–H groups in total. The van der Waals surface area contributed by atoms with Gasteiger partial charge < -0.3 is 10.2 Å². The highest BCUT2D eigenvalue weighted by molar-refractivity contribution is 7.89. The number of carbonyl (C=O) groups is 1. The molecule has 0 aliphatic carbocycles. The molecule has 2 rings (SSSR count). The number of carboxylic acid groups (broad SMARTS) is 1. The minimum atomic E-state index is -3.71. The molecule has 1 atom stereocenters. The summed E-state index contributed by atoms with van der Waals surface area (Å²) in [6.07, 6.45) is 2.35. The molecule has 20 heavy (non-hydrogen) atoms. The Hall–Kier alpha value is -1.60. The number of carboxylic acids is 1. The zero-order chi connectivity index (χ0) is 14.9. The van der Waals surface area contributed by atoms with Crippen LogP contribution in [0.3, 0.4) is 0 Å². The van der Waals surface area contributed by atoms with Crippen LogP contribution >= 0.6 is 0 Å². The third-order valence-electron chi connectivity index (χ3n) is 3.60. The van der Waals surface area contributed by atoms with Crippen molar-refractivity contribution in [1.82, 2.24) is 4.31 Å². The van der Waals surface area contributed by atoms with Gasteiger partial charge in [-0.1, -0.05) is 6.92 Å². The van der Waals surface area contributed by atoms with E-state index in [2.05, 4.69) is 0 Å². The second-order valence-electron chi connectivity index (χ2n) is 4.80. The molecule has 1 heterocycles. The van der Waals surface area contributed by atoms with Crippen LogP contribution in [-0.2, 0) is 10.0 Å². The number of nitrogens with zero attached hydrogens (tertiary/aromatic N) is 1. The molecule has 1 aliphatic rings. The van der Waals surface area contributed by atoms with Crippen LogP contribution in [0.25, 0.3) is 0 Å². The average Bonchev–Trinajstić information content (AvgIpc) is 2.87. The lowest BCUT2D eigenvalue weighted by molar-refractivity contribution is 0.0693. The summed E-state index contributed by atoms with van der Waals surface area (Å²) in [5.74, 6) is -1.79. The first-order chi connectivity index (χ1) is 9.37. The van der Waals surface area contributed by atoms with E-state index in [1.807, 2.05) is 6.92 Å². The molecule has 0 amide bonds. The van der Waals surface area contributed by atoms with Crippen molar-refractivity contribution in [2.45, 2.75) is 37.1 Å². The topological polar surface area (TPSA) is 94.9 Å². The second kappa shape index (κ2) is 5.41. The van der Waals surface area contributed by atoms with Crippen molar-refractivity contribution in [2.75, 3.05) is 6.54 Å². The second-order valence-corrected chi connectivity index (χ2v) is 6.69. The Kier molecular flexibility index (Phi) is 4.01. The molecule has 7 heteroatoms. The highest BCUT2D eigenvalue weighted by Crippen LogP contribution is 2.29. The predicted octanol–water partition coefficient (Wildman–Crippen LogP) is 1.65. The molecule has 0 spiro atoms. The molecule has 0 radical (unpaired) electrons. The summed E-state index contributed by atoms with van der Waals surface area (Å²) in [6, 6.07) is 3.31. The van der Waals surface area contributed by atoms with E-state index in [-0.39, 0.29) is 10.9 Å². The summed E-state index contributed by atoms with van der Waals surface area (Å²) in [4.78, 5) is 10.9. The number of aromatic hydroxyl groups is 1. The summed E-state index contributed by atoms with van der Waals surface area (Å²) >= 11 is 0. The van der Waals surface area contributed by atoms with Gasteiger partial charge in [-0.3, -0.25) is 0 Å². The van der Waals surface area contributed by atoms with Gasteiger partial charge in [-0.25, -0.2) is 13.2 Å². The van der Waals surface area contributed by atoms with Gasteiger partial charge in [0.15, 0.2) is 0 Å². The van der Waals surface area contributed by atoms with Crippen LogP contribution in [-0.4, -0.2) is 41.5 Å². The van der Waals surface area contributed by atoms with Gasteiger partial charge in [-0.05, 0) is 37.5 Å². The normalized spacial score (nSPS) is 20.1. The molecule has 110 valence electrons. The summed E-state index contributed by atoms with van der Waals surface area (Å²) in [5.41, 5.74) is -0.404. The quantitative estimate of drug-likeness (QED) is 0.881. The minimum Gasteiger partial charge on any atom is -0.507 e. The number of rotatable bonds is 4. The third kappa shape index (κ3) is 2.51. The Morgan fingerprint density at radius 1 is 1.45 bits per heavy atom. The molecule has 1 saturated heterocycles. The Bertz CT molecular complexity index is 626. The monoisotopic (exact) mass is 299 g/mol. The lowest BCUT2D eigenvalue weighted by atomic mass is 10.2. The number of hydrogen-bond donors (Lipinski definition) is 2. The Balaban J connectivity index is 2.44. The van der Waals surface area contributed by atoms with E-state index < -0.39 is 27.3 Å². The van der Waals surface area contributed by atoms with Gasteiger partial charge in [0.2, 0.25) is 10.0 Å². The molecule has 1 aromatic carbocycles. The van der Waals surface area contributed by atoms with Crippen LogP contribution in [0.15, 0.2) is 23.1 Å². The van der Waals surface area contributed by atoms with Crippen LogP contribution in [0.1, 0.15) is 36.5 Å². The summed E-state index contributed by atoms with van der Waals surface area (Å²) in [7, 11) is -3.71. The minimum absolute atomic E-state index is 0.0397. The van der Waals surface area contributed by atoms with E-state index in [1.54, 1.807) is 0 Å². The van der Waals surface area contributed by atoms with Gasteiger partial charge in [0.05, 0.1) is 4.90 Å². The summed E-state index contributed by atoms with van der Waals surface area (Å²) < 4.78 is 26.5. The zero-order valence-corrected chi connectivity index (χ0v) is 11.9. The molecule has 1 aliphatic heterocycles. The maximum atomic E-state index is 12.5. The van der Waals surface area contributed by atoms with E-state index in [0.29, 0.717) is 6.54 Å². The van der Waals surface area contributed by atoms with Gasteiger partial charge in [-0.2, -0.15) is 4.31 Å². The first-order valence-corrected chi connectivity index (χ1v) is 7.90. The van der Waals surface area contributed by atoms with Crippen molar-refractivity contribution in [1.29, 1.82) is 0 Å². The van der Waals surface area contributed by atoms with Gasteiger partial charge in [0, 0.05) is 12.6 Å². The fourth-order valence-electron chi connectivity index (χ4n) is 2.52. The van der Waals surface area contributed by atoms with Gasteiger partial charge in [0.25, 0.3) is 0 Å². The van der Waals surface area contributed by atoms with Crippen molar-refractivity contribution in [3.63, 3.8) is 0 Å². The van der Waals surface area contributed by atoms with E-state index >= 15 is 0 Å². The molecule has 6 nitrogen and oxygen atoms in total. The highest BCUT2D eigenvalue weighted by atomic mass is 32.2. The fourth-order valence-corrected chi connectivity index (χ4v) is 4.31. The van der Waals surface area contributed by atoms with Crippen molar-refractivity contribution in [2.24, 2.45) is 0 Å². The van der Waals surface area contributed by atoms with Crippen molar-refractivity contribution < 1.29 is 23.4 Å². The van der Waals surface area contributed by atoms with E-state index in [4.69, 9.17) is 5.11 Å². The molecule has 0 bridgehead atoms. The van der Waals surface area contributed by atoms with Crippen LogP contribution in [0.5, 0.6) is 5.75 Å². The molecule has 0 aromatic heterocycles. The van der Waals surface area contributed by atoms with Crippen molar-refractivity contribution in [3.8, 4) is 5.75 Å². The van der Waals surface area contributed by atoms with E-state index in [9.17, 15) is 18.3 Å². The predicted molar refractivity (Wildman–Crippen MR) is 72.3 cm³/mol. The maximum absolute atomic E-state index is 12.5. The van der Waals surface area contributed by atoms with Gasteiger partial charge in [-0.15, -0.1) is 0 Å². The maximum Gasteiger partial charge on any atom is 0.339 e. The summed E-state index contributed by atoms with van der Waals surface area (Å²) in [5, 5.41) is 18.4. The smallest absolute Gasteiger partial charge is 0.339 e. The van der Waals surface area contributed by atoms with Crippen molar-refractivity contribution in [3.05, 3.63) is 23.8 Å². The summed E-state index contributed by atoms with van der Waals surface area (Å²) in [6.45, 7) is 2.38. The molecule has 0 unspecified atom stereocenters. The van der Waals surface area contributed by atoms with Crippen LogP contribution in [0.2, 0.25) is 0 Å². The third-order valence-corrected chi connectivity index (χ3v) is 5.55. The first kappa shape index (κ1) is 14.8. The molecule has 1 fully saturated rings. The van der Waals surface area contributed by atoms with E-state index in [1.165, 1.54) is 10.4 Å². The average molecular weight is 299 g/mol. The lowest BCUT2D eigenvalue weighted by Crippen LogP contribution is -2.35. The van der Waals surface area contributed by atoms with Gasteiger partial charge in [0.1, 0.15) is 11.3 Å². The largest absolute Gasteiger partial charge is 0.507 e. The number of aromatic carboxylic acids is 1. The highest BCUT2D eigenvalue weighted by Gasteiger charge is 2.34. The lowest BCUT2D eigenvalue weighted by Gasteiger charge is -2.23. The van der Waals surface area contributed by atoms with Crippen molar-refractivity contribution >= 4 is 16.0 Å². The van der Waals surface area contributed by atoms with Crippen LogP contribution in [0.4, 0.5) is 0 Å². The number of sulfonamides is 1. The first-order valence-electron chi connectivity index (χ1n) is 6.46. The molecule has 0 saturated carbocycles. The van der Waals surface area contributed by atoms with Gasteiger partial charge >= 0.3 is 5.97 Å². The SMILES string of the molecule is CC[C@H]1CCCN1S(=O)(=O)c1ccc(O)c(C(=O)O)c1. The zero-order valence-electron chi connectivity index (χ0n) is 11.1. The Morgan fingerprint density at radius 3 is 2.75 bits per heavy atom. The van der Waals surface area contributed by atoms with Crippen LogP contribution < -0.4 is 0 Å². The molecular formula is C13H17NO5S. The van der Waals surface area contributed by atoms with E-state index in [0.717, 1.165) is 31.4 Å². The van der Waals surface area contributed by atoms with Crippen LogP contribution in [0, 0.1) is 0 Å². The standard InChI is InChI=1S/C13H17NO5S/c1-2-9-4-3-7-14(9)20(18,19)10-5-6-12(15)11(8-10)13(16)17/h5-6,8-9,15H,2-4,7H2,1H3,(H,16,17)/t9-/m0/s1. The fraction of sp³-hybridized carbons (Fsp3) is 0.462. The molecule has 1 aromatic rings. The number of phenols is 1. The number of hydrogen-bond acceptors (Lipinski definition) is 4.